The molecule has 0 saturated carbocycles. The van der Waals surface area contributed by atoms with Crippen LogP contribution in [0.5, 0.6) is 0 Å². The molecular weight excluding hydrogens is 272 g/mol. The molecule has 0 aliphatic rings. The molecule has 0 aliphatic heterocycles. The van der Waals surface area contributed by atoms with Crippen LogP contribution in [0.1, 0.15) is 11.1 Å². The van der Waals surface area contributed by atoms with E-state index in [1.165, 1.54) is 22.5 Å². The highest BCUT2D eigenvalue weighted by atomic mass is 32.1. The van der Waals surface area contributed by atoms with E-state index >= 15 is 0 Å². The van der Waals surface area contributed by atoms with E-state index in [0.717, 1.165) is 11.0 Å². The molecule has 5 nitrogen and oxygen atoms in total. The molecule has 0 fully saturated rings. The minimum Gasteiger partial charge on any atom is -0.321 e. The van der Waals surface area contributed by atoms with Gasteiger partial charge in [0.05, 0.1) is 17.4 Å². The van der Waals surface area contributed by atoms with Gasteiger partial charge >= 0.3 is 0 Å². The molecule has 102 valence electrons. The van der Waals surface area contributed by atoms with Gasteiger partial charge in [0.2, 0.25) is 5.91 Å². The number of imidazole rings is 1. The molecule has 1 aromatic carbocycles. The van der Waals surface area contributed by atoms with E-state index in [9.17, 15) is 4.79 Å². The smallest absolute Gasteiger partial charge is 0.246 e. The van der Waals surface area contributed by atoms with Crippen LogP contribution >= 0.6 is 11.3 Å². The Labute approximate surface area is 120 Å². The van der Waals surface area contributed by atoms with Crippen LogP contribution in [-0.2, 0) is 11.3 Å². The average molecular weight is 286 g/mol. The van der Waals surface area contributed by atoms with Crippen LogP contribution in [0, 0.1) is 13.8 Å². The van der Waals surface area contributed by atoms with Gasteiger partial charge in [-0.25, -0.2) is 9.97 Å². The summed E-state index contributed by atoms with van der Waals surface area (Å²) in [5.41, 5.74) is 4.28. The highest BCUT2D eigenvalue weighted by Crippen LogP contribution is 2.18. The van der Waals surface area contributed by atoms with Crippen molar-refractivity contribution in [2.75, 3.05) is 5.32 Å². The Kier molecular flexibility index (Phi) is 3.23. The number of hydrogen-bond acceptors (Lipinski definition) is 4. The van der Waals surface area contributed by atoms with Crippen molar-refractivity contribution in [1.82, 2.24) is 14.5 Å². The van der Waals surface area contributed by atoms with Gasteiger partial charge in [0.1, 0.15) is 6.54 Å². The fraction of sp³-hybridized carbons (Fsp3) is 0.214. The molecule has 0 bridgehead atoms. The third kappa shape index (κ3) is 2.42. The lowest BCUT2D eigenvalue weighted by atomic mass is 10.1. The standard InChI is InChI=1S/C14H14N4OS/c1-9-5-11-12(6-10(9)2)18(8-16-11)7-13(19)17-14-15-3-4-20-14/h3-6,8H,7H2,1-2H3,(H,15,17,19). The summed E-state index contributed by atoms with van der Waals surface area (Å²) in [5, 5.41) is 5.22. The fourth-order valence-electron chi connectivity index (χ4n) is 2.04. The monoisotopic (exact) mass is 286 g/mol. The topological polar surface area (TPSA) is 59.8 Å². The second-order valence-corrected chi connectivity index (χ2v) is 5.58. The Morgan fingerprint density at radius 2 is 2.10 bits per heavy atom. The van der Waals surface area contributed by atoms with Crippen LogP contribution < -0.4 is 5.32 Å². The number of benzene rings is 1. The van der Waals surface area contributed by atoms with E-state index < -0.39 is 0 Å². The van der Waals surface area contributed by atoms with E-state index in [2.05, 4.69) is 35.2 Å². The summed E-state index contributed by atoms with van der Waals surface area (Å²) in [4.78, 5) is 20.4. The van der Waals surface area contributed by atoms with Crippen molar-refractivity contribution in [3.05, 3.63) is 41.2 Å². The van der Waals surface area contributed by atoms with Crippen LogP contribution in [0.25, 0.3) is 11.0 Å². The van der Waals surface area contributed by atoms with Crippen molar-refractivity contribution in [2.24, 2.45) is 0 Å². The first-order valence-electron chi connectivity index (χ1n) is 6.25. The maximum absolute atomic E-state index is 12.0. The van der Waals surface area contributed by atoms with Crippen LogP contribution in [0.15, 0.2) is 30.0 Å². The number of hydrogen-bond donors (Lipinski definition) is 1. The first-order valence-corrected chi connectivity index (χ1v) is 7.13. The van der Waals surface area contributed by atoms with Crippen molar-refractivity contribution in [2.45, 2.75) is 20.4 Å². The van der Waals surface area contributed by atoms with Gasteiger partial charge in [-0.3, -0.25) is 4.79 Å². The molecule has 2 heterocycles. The van der Waals surface area contributed by atoms with Crippen LogP contribution in [0.4, 0.5) is 5.13 Å². The van der Waals surface area contributed by atoms with Crippen molar-refractivity contribution in [3.63, 3.8) is 0 Å². The minimum atomic E-state index is -0.0996. The van der Waals surface area contributed by atoms with E-state index in [4.69, 9.17) is 0 Å². The summed E-state index contributed by atoms with van der Waals surface area (Å²) in [5.74, 6) is -0.0996. The number of nitrogens with one attached hydrogen (secondary N) is 1. The number of aryl methyl sites for hydroxylation is 2. The Morgan fingerprint density at radius 3 is 2.85 bits per heavy atom. The third-order valence-electron chi connectivity index (χ3n) is 3.23. The van der Waals surface area contributed by atoms with Crippen molar-refractivity contribution < 1.29 is 4.79 Å². The normalized spacial score (nSPS) is 10.9. The lowest BCUT2D eigenvalue weighted by Crippen LogP contribution is -2.18. The fourth-order valence-corrected chi connectivity index (χ4v) is 2.58. The number of rotatable bonds is 3. The molecule has 0 radical (unpaired) electrons. The largest absolute Gasteiger partial charge is 0.321 e. The lowest BCUT2D eigenvalue weighted by Gasteiger charge is -2.06. The predicted molar refractivity (Wildman–Crippen MR) is 80.0 cm³/mol. The van der Waals surface area contributed by atoms with E-state index in [0.29, 0.717) is 5.13 Å². The maximum Gasteiger partial charge on any atom is 0.246 e. The molecule has 1 N–H and O–H groups in total. The number of carbonyl (C=O) groups is 1. The Bertz CT molecular complexity index is 761. The van der Waals surface area contributed by atoms with Gasteiger partial charge in [0, 0.05) is 11.6 Å². The Morgan fingerprint density at radius 1 is 1.30 bits per heavy atom. The van der Waals surface area contributed by atoms with Crippen LogP contribution in [0.3, 0.4) is 0 Å². The number of carbonyl (C=O) groups excluding carboxylic acids is 1. The number of amides is 1. The molecular formula is C14H14N4OS. The number of anilines is 1. The molecule has 3 aromatic rings. The van der Waals surface area contributed by atoms with Crippen molar-refractivity contribution in [3.8, 4) is 0 Å². The highest BCUT2D eigenvalue weighted by Gasteiger charge is 2.09. The minimum absolute atomic E-state index is 0.0996. The second-order valence-electron chi connectivity index (χ2n) is 4.68. The van der Waals surface area contributed by atoms with E-state index in [-0.39, 0.29) is 12.5 Å². The van der Waals surface area contributed by atoms with Gasteiger partial charge < -0.3 is 9.88 Å². The molecule has 1 amide bonds. The maximum atomic E-state index is 12.0. The SMILES string of the molecule is Cc1cc2ncn(CC(=O)Nc3nccs3)c2cc1C. The molecule has 0 unspecified atom stereocenters. The Balaban J connectivity index is 1.84. The average Bonchev–Trinajstić information content (AvgIpc) is 3.02. The highest BCUT2D eigenvalue weighted by molar-refractivity contribution is 7.13. The molecule has 0 atom stereocenters. The van der Waals surface area contributed by atoms with Gasteiger partial charge in [-0.2, -0.15) is 0 Å². The zero-order chi connectivity index (χ0) is 14.1. The second kappa shape index (κ2) is 5.05. The summed E-state index contributed by atoms with van der Waals surface area (Å²) in [6.45, 7) is 4.35. The quantitative estimate of drug-likeness (QED) is 0.805. The molecule has 0 spiro atoms. The molecule has 0 saturated heterocycles. The van der Waals surface area contributed by atoms with E-state index in [1.807, 2.05) is 16.0 Å². The molecule has 2 aromatic heterocycles. The lowest BCUT2D eigenvalue weighted by molar-refractivity contribution is -0.116. The predicted octanol–water partition coefficient (Wildman–Crippen LogP) is 2.75. The van der Waals surface area contributed by atoms with Crippen molar-refractivity contribution in [1.29, 1.82) is 0 Å². The Hall–Kier alpha value is -2.21. The van der Waals surface area contributed by atoms with Crippen LogP contribution in [-0.4, -0.2) is 20.4 Å². The van der Waals surface area contributed by atoms with Gasteiger partial charge in [0.15, 0.2) is 5.13 Å². The van der Waals surface area contributed by atoms with E-state index in [1.54, 1.807) is 12.5 Å². The summed E-state index contributed by atoms with van der Waals surface area (Å²) in [6.07, 6.45) is 3.37. The van der Waals surface area contributed by atoms with Gasteiger partial charge in [-0.15, -0.1) is 11.3 Å². The number of thiazole rings is 1. The zero-order valence-corrected chi connectivity index (χ0v) is 12.1. The molecule has 6 heteroatoms. The summed E-state index contributed by atoms with van der Waals surface area (Å²) < 4.78 is 1.85. The first-order chi connectivity index (χ1) is 9.63. The number of aromatic nitrogens is 3. The van der Waals surface area contributed by atoms with Gasteiger partial charge in [-0.1, -0.05) is 0 Å². The summed E-state index contributed by atoms with van der Waals surface area (Å²) >= 11 is 1.40. The van der Waals surface area contributed by atoms with Gasteiger partial charge in [0.25, 0.3) is 0 Å². The zero-order valence-electron chi connectivity index (χ0n) is 11.3. The third-order valence-corrected chi connectivity index (χ3v) is 3.92. The van der Waals surface area contributed by atoms with Gasteiger partial charge in [-0.05, 0) is 37.1 Å². The molecule has 20 heavy (non-hydrogen) atoms. The summed E-state index contributed by atoms with van der Waals surface area (Å²) in [7, 11) is 0. The molecule has 0 aliphatic carbocycles. The number of nitrogens with zero attached hydrogens (tertiary/aromatic N) is 3. The van der Waals surface area contributed by atoms with Crippen molar-refractivity contribution >= 4 is 33.4 Å². The number of fused-ring (bicyclic) bond motifs is 1. The van der Waals surface area contributed by atoms with Crippen LogP contribution in [0.2, 0.25) is 0 Å². The molecule has 3 rings (SSSR count). The first kappa shape index (κ1) is 12.8. The summed E-state index contributed by atoms with van der Waals surface area (Å²) in [6, 6.07) is 4.11.